The Balaban J connectivity index is 1.92. The zero-order valence-electron chi connectivity index (χ0n) is 9.30. The molecule has 3 aromatic rings. The molecule has 0 aliphatic carbocycles. The number of hydrogen-bond donors (Lipinski definition) is 1. The molecule has 1 N–H and O–H groups in total. The van der Waals surface area contributed by atoms with Crippen LogP contribution >= 0.6 is 0 Å². The molecule has 0 atom stereocenters. The Morgan fingerprint density at radius 3 is 2.65 bits per heavy atom. The van der Waals surface area contributed by atoms with Crippen LogP contribution in [0.2, 0.25) is 0 Å². The van der Waals surface area contributed by atoms with Crippen LogP contribution in [0, 0.1) is 0 Å². The van der Waals surface area contributed by atoms with Crippen LogP contribution in [0.5, 0.6) is 0 Å². The third-order valence-electron chi connectivity index (χ3n) is 2.69. The van der Waals surface area contributed by atoms with Crippen LogP contribution in [-0.2, 0) is 0 Å². The molecule has 0 unspecified atom stereocenters. The highest BCUT2D eigenvalue weighted by molar-refractivity contribution is 5.80. The number of aromatic nitrogens is 2. The summed E-state index contributed by atoms with van der Waals surface area (Å²) >= 11 is 0. The molecule has 0 bridgehead atoms. The van der Waals surface area contributed by atoms with Crippen molar-refractivity contribution in [3.8, 4) is 0 Å². The van der Waals surface area contributed by atoms with Crippen molar-refractivity contribution < 1.29 is 0 Å². The van der Waals surface area contributed by atoms with Crippen molar-refractivity contribution in [3.63, 3.8) is 0 Å². The molecule has 0 amide bonds. The summed E-state index contributed by atoms with van der Waals surface area (Å²) in [5, 5.41) is 1.14. The van der Waals surface area contributed by atoms with E-state index in [1.165, 1.54) is 5.56 Å². The molecule has 82 valence electrons. The third kappa shape index (κ3) is 2.11. The van der Waals surface area contributed by atoms with Gasteiger partial charge in [0.1, 0.15) is 5.65 Å². The van der Waals surface area contributed by atoms with Crippen molar-refractivity contribution in [1.82, 2.24) is 9.97 Å². The van der Waals surface area contributed by atoms with Crippen molar-refractivity contribution in [2.75, 3.05) is 0 Å². The van der Waals surface area contributed by atoms with Gasteiger partial charge >= 0.3 is 0 Å². The summed E-state index contributed by atoms with van der Waals surface area (Å²) in [4.78, 5) is 7.43. The lowest BCUT2D eigenvalue weighted by molar-refractivity contribution is 1.32. The molecule has 17 heavy (non-hydrogen) atoms. The van der Waals surface area contributed by atoms with Crippen molar-refractivity contribution in [2.24, 2.45) is 0 Å². The lowest BCUT2D eigenvalue weighted by atomic mass is 10.1. The maximum absolute atomic E-state index is 4.35. The van der Waals surface area contributed by atoms with Gasteiger partial charge in [0.15, 0.2) is 0 Å². The molecule has 0 spiro atoms. The van der Waals surface area contributed by atoms with Gasteiger partial charge in [0.2, 0.25) is 0 Å². The summed E-state index contributed by atoms with van der Waals surface area (Å²) in [5.41, 5.74) is 3.24. The fraction of sp³-hybridized carbons (Fsp3) is 0. The second-order valence-corrected chi connectivity index (χ2v) is 3.93. The van der Waals surface area contributed by atoms with Crippen LogP contribution in [0.25, 0.3) is 23.2 Å². The van der Waals surface area contributed by atoms with Crippen molar-refractivity contribution in [3.05, 3.63) is 66.0 Å². The maximum atomic E-state index is 4.35. The second-order valence-electron chi connectivity index (χ2n) is 3.93. The lowest BCUT2D eigenvalue weighted by Crippen LogP contribution is -1.78. The summed E-state index contributed by atoms with van der Waals surface area (Å²) in [6.07, 6.45) is 7.95. The minimum atomic E-state index is 0.932. The van der Waals surface area contributed by atoms with E-state index >= 15 is 0 Å². The van der Waals surface area contributed by atoms with Crippen LogP contribution in [0.3, 0.4) is 0 Å². The van der Waals surface area contributed by atoms with Gasteiger partial charge in [-0.05, 0) is 23.3 Å². The number of aromatic amines is 1. The average molecular weight is 220 g/mol. The Labute approximate surface area is 99.6 Å². The van der Waals surface area contributed by atoms with Crippen LogP contribution in [-0.4, -0.2) is 9.97 Å². The Kier molecular flexibility index (Phi) is 2.47. The molecule has 2 heteroatoms. The van der Waals surface area contributed by atoms with E-state index in [4.69, 9.17) is 0 Å². The van der Waals surface area contributed by atoms with Gasteiger partial charge in [0.25, 0.3) is 0 Å². The largest absolute Gasteiger partial charge is 0.346 e. The van der Waals surface area contributed by atoms with Gasteiger partial charge in [-0.25, -0.2) is 4.98 Å². The molecule has 0 fully saturated rings. The van der Waals surface area contributed by atoms with Crippen LogP contribution in [0.1, 0.15) is 11.1 Å². The lowest BCUT2D eigenvalue weighted by Gasteiger charge is -1.94. The SMILES string of the molecule is C(=Cc1cnc2[nH]ccc2c1)c1ccccc1. The Bertz CT molecular complexity index is 651. The highest BCUT2D eigenvalue weighted by Crippen LogP contribution is 2.13. The van der Waals surface area contributed by atoms with Gasteiger partial charge in [-0.1, -0.05) is 42.5 Å². The van der Waals surface area contributed by atoms with E-state index in [1.54, 1.807) is 0 Å². The zero-order chi connectivity index (χ0) is 11.5. The molecule has 1 aromatic carbocycles. The summed E-state index contributed by atoms with van der Waals surface area (Å²) in [6.45, 7) is 0. The fourth-order valence-corrected chi connectivity index (χ4v) is 1.80. The van der Waals surface area contributed by atoms with E-state index in [1.807, 2.05) is 36.7 Å². The zero-order valence-corrected chi connectivity index (χ0v) is 9.30. The molecule has 0 aliphatic rings. The van der Waals surface area contributed by atoms with Gasteiger partial charge in [-0.3, -0.25) is 0 Å². The van der Waals surface area contributed by atoms with Gasteiger partial charge < -0.3 is 4.98 Å². The number of rotatable bonds is 2. The first-order valence-electron chi connectivity index (χ1n) is 5.58. The second kappa shape index (κ2) is 4.26. The van der Waals surface area contributed by atoms with Crippen LogP contribution in [0.4, 0.5) is 0 Å². The van der Waals surface area contributed by atoms with Crippen LogP contribution < -0.4 is 0 Å². The predicted molar refractivity (Wildman–Crippen MR) is 71.5 cm³/mol. The molecular weight excluding hydrogens is 208 g/mol. The number of pyridine rings is 1. The number of nitrogens with one attached hydrogen (secondary N) is 1. The minimum Gasteiger partial charge on any atom is -0.346 e. The molecular formula is C15H12N2. The predicted octanol–water partition coefficient (Wildman–Crippen LogP) is 3.73. The van der Waals surface area contributed by atoms with Gasteiger partial charge in [0.05, 0.1) is 0 Å². The molecule has 2 aromatic heterocycles. The molecule has 2 heterocycles. The number of nitrogens with zero attached hydrogens (tertiary/aromatic N) is 1. The number of H-pyrrole nitrogens is 1. The average Bonchev–Trinajstić information content (AvgIpc) is 2.85. The van der Waals surface area contributed by atoms with Crippen molar-refractivity contribution in [1.29, 1.82) is 0 Å². The molecule has 0 saturated carbocycles. The number of fused-ring (bicyclic) bond motifs is 1. The fourth-order valence-electron chi connectivity index (χ4n) is 1.80. The summed E-state index contributed by atoms with van der Waals surface area (Å²) < 4.78 is 0. The summed E-state index contributed by atoms with van der Waals surface area (Å²) in [6, 6.07) is 14.4. The van der Waals surface area contributed by atoms with Crippen molar-refractivity contribution in [2.45, 2.75) is 0 Å². The first kappa shape index (κ1) is 9.85. The van der Waals surface area contributed by atoms with Gasteiger partial charge in [-0.2, -0.15) is 0 Å². The Morgan fingerprint density at radius 1 is 0.941 bits per heavy atom. The highest BCUT2D eigenvalue weighted by Gasteiger charge is 1.95. The standard InChI is InChI=1S/C15H12N2/c1-2-4-12(5-3-1)6-7-13-10-14-8-9-16-15(14)17-11-13/h1-11H,(H,16,17). The Hall–Kier alpha value is -2.35. The van der Waals surface area contributed by atoms with Crippen molar-refractivity contribution >= 4 is 23.2 Å². The quantitative estimate of drug-likeness (QED) is 0.700. The first-order chi connectivity index (χ1) is 8.42. The topological polar surface area (TPSA) is 28.7 Å². The van der Waals surface area contributed by atoms with E-state index in [9.17, 15) is 0 Å². The van der Waals surface area contributed by atoms with E-state index < -0.39 is 0 Å². The van der Waals surface area contributed by atoms with E-state index in [2.05, 4.69) is 40.3 Å². The smallest absolute Gasteiger partial charge is 0.137 e. The van der Waals surface area contributed by atoms with Crippen LogP contribution in [0.15, 0.2) is 54.9 Å². The minimum absolute atomic E-state index is 0.932. The molecule has 0 aliphatic heterocycles. The highest BCUT2D eigenvalue weighted by atomic mass is 14.8. The summed E-state index contributed by atoms with van der Waals surface area (Å²) in [5.74, 6) is 0. The Morgan fingerprint density at radius 2 is 1.76 bits per heavy atom. The van der Waals surface area contributed by atoms with E-state index in [0.717, 1.165) is 16.6 Å². The first-order valence-corrected chi connectivity index (χ1v) is 5.58. The van der Waals surface area contributed by atoms with E-state index in [0.29, 0.717) is 0 Å². The molecule has 0 radical (unpaired) electrons. The summed E-state index contributed by atoms with van der Waals surface area (Å²) in [7, 11) is 0. The monoisotopic (exact) mass is 220 g/mol. The molecule has 0 saturated heterocycles. The van der Waals surface area contributed by atoms with E-state index in [-0.39, 0.29) is 0 Å². The third-order valence-corrected chi connectivity index (χ3v) is 2.69. The number of benzene rings is 1. The molecule has 3 rings (SSSR count). The van der Waals surface area contributed by atoms with Gasteiger partial charge in [0, 0.05) is 17.8 Å². The molecule has 2 nitrogen and oxygen atoms in total. The number of hydrogen-bond acceptors (Lipinski definition) is 1. The normalized spacial score (nSPS) is 11.3. The maximum Gasteiger partial charge on any atom is 0.137 e. The van der Waals surface area contributed by atoms with Gasteiger partial charge in [-0.15, -0.1) is 0 Å².